The van der Waals surface area contributed by atoms with Crippen LogP contribution in [0, 0.1) is 0 Å². The molecule has 0 unspecified atom stereocenters. The summed E-state index contributed by atoms with van der Waals surface area (Å²) in [6, 6.07) is 18.6. The molecule has 148 valence electrons. The summed E-state index contributed by atoms with van der Waals surface area (Å²) >= 11 is 0. The molecule has 1 aliphatic heterocycles. The molecule has 0 spiro atoms. The van der Waals surface area contributed by atoms with Crippen LogP contribution in [0.5, 0.6) is 5.75 Å². The van der Waals surface area contributed by atoms with Crippen LogP contribution in [0.2, 0.25) is 0 Å². The van der Waals surface area contributed by atoms with E-state index in [1.165, 1.54) is 16.6 Å². The van der Waals surface area contributed by atoms with Crippen LogP contribution in [-0.2, 0) is 6.54 Å². The number of benzene rings is 2. The first-order valence-corrected chi connectivity index (χ1v) is 10.2. The van der Waals surface area contributed by atoms with E-state index in [1.54, 1.807) is 13.4 Å². The third kappa shape index (κ3) is 3.78. The SMILES string of the molecule is COc1ccc(-c2nc(CN3CCC(c4cc5ccccc5[nH]4)CC3)co2)cc1. The minimum Gasteiger partial charge on any atom is -0.497 e. The van der Waals surface area contributed by atoms with Gasteiger partial charge < -0.3 is 14.1 Å². The van der Waals surface area contributed by atoms with Crippen molar-refractivity contribution in [2.75, 3.05) is 20.2 Å². The third-order valence-corrected chi connectivity index (χ3v) is 5.85. The molecule has 0 bridgehead atoms. The van der Waals surface area contributed by atoms with Crippen molar-refractivity contribution in [3.63, 3.8) is 0 Å². The maximum absolute atomic E-state index is 5.71. The lowest BCUT2D eigenvalue weighted by Gasteiger charge is -2.30. The molecule has 5 nitrogen and oxygen atoms in total. The van der Waals surface area contributed by atoms with Gasteiger partial charge in [0.25, 0.3) is 0 Å². The number of oxazole rings is 1. The molecule has 2 aromatic heterocycles. The molecule has 1 saturated heterocycles. The van der Waals surface area contributed by atoms with Crippen molar-refractivity contribution in [3.05, 3.63) is 72.2 Å². The van der Waals surface area contributed by atoms with Crippen molar-refractivity contribution >= 4 is 10.9 Å². The minimum atomic E-state index is 0.603. The second-order valence-electron chi connectivity index (χ2n) is 7.73. The highest BCUT2D eigenvalue weighted by Gasteiger charge is 2.22. The van der Waals surface area contributed by atoms with Gasteiger partial charge in [-0.15, -0.1) is 0 Å². The molecule has 5 heteroatoms. The number of nitrogens with one attached hydrogen (secondary N) is 1. The van der Waals surface area contributed by atoms with Crippen LogP contribution in [0.25, 0.3) is 22.4 Å². The fourth-order valence-electron chi connectivity index (χ4n) is 4.19. The Balaban J connectivity index is 1.20. The van der Waals surface area contributed by atoms with Gasteiger partial charge in [-0.2, -0.15) is 0 Å². The van der Waals surface area contributed by atoms with E-state index in [9.17, 15) is 0 Å². The molecule has 0 atom stereocenters. The van der Waals surface area contributed by atoms with Crippen LogP contribution in [0.4, 0.5) is 0 Å². The Bertz CT molecular complexity index is 1060. The molecule has 5 rings (SSSR count). The summed E-state index contributed by atoms with van der Waals surface area (Å²) in [5.41, 5.74) is 4.56. The summed E-state index contributed by atoms with van der Waals surface area (Å²) in [6.07, 6.45) is 4.11. The number of piperidine rings is 1. The number of methoxy groups -OCH3 is 1. The van der Waals surface area contributed by atoms with Crippen molar-refractivity contribution in [2.24, 2.45) is 0 Å². The number of H-pyrrole nitrogens is 1. The summed E-state index contributed by atoms with van der Waals surface area (Å²) in [4.78, 5) is 10.8. The van der Waals surface area contributed by atoms with Crippen LogP contribution < -0.4 is 4.74 Å². The maximum atomic E-state index is 5.71. The van der Waals surface area contributed by atoms with Crippen molar-refractivity contribution in [1.29, 1.82) is 0 Å². The summed E-state index contributed by atoms with van der Waals surface area (Å²) in [6.45, 7) is 2.98. The van der Waals surface area contributed by atoms with Gasteiger partial charge in [0.2, 0.25) is 5.89 Å². The molecular weight excluding hydrogens is 362 g/mol. The summed E-state index contributed by atoms with van der Waals surface area (Å²) < 4.78 is 10.9. The lowest BCUT2D eigenvalue weighted by atomic mass is 9.93. The van der Waals surface area contributed by atoms with E-state index in [0.29, 0.717) is 11.8 Å². The Morgan fingerprint density at radius 1 is 1.10 bits per heavy atom. The number of hydrogen-bond acceptors (Lipinski definition) is 4. The predicted octanol–water partition coefficient (Wildman–Crippen LogP) is 5.21. The van der Waals surface area contributed by atoms with Crippen LogP contribution >= 0.6 is 0 Å². The number of likely N-dealkylation sites (tertiary alicyclic amines) is 1. The Labute approximate surface area is 170 Å². The number of aromatic nitrogens is 2. The fourth-order valence-corrected chi connectivity index (χ4v) is 4.19. The molecule has 1 aliphatic rings. The summed E-state index contributed by atoms with van der Waals surface area (Å²) in [7, 11) is 1.67. The molecule has 29 heavy (non-hydrogen) atoms. The Morgan fingerprint density at radius 3 is 2.66 bits per heavy atom. The number of ether oxygens (including phenoxy) is 1. The van der Waals surface area contributed by atoms with Crippen molar-refractivity contribution in [1.82, 2.24) is 14.9 Å². The molecule has 0 aliphatic carbocycles. The van der Waals surface area contributed by atoms with Gasteiger partial charge in [0.1, 0.15) is 12.0 Å². The Hall–Kier alpha value is -3.05. The van der Waals surface area contributed by atoms with E-state index in [2.05, 4.69) is 45.2 Å². The van der Waals surface area contributed by atoms with Gasteiger partial charge in [-0.25, -0.2) is 4.98 Å². The van der Waals surface area contributed by atoms with E-state index >= 15 is 0 Å². The van der Waals surface area contributed by atoms with Gasteiger partial charge in [0, 0.05) is 29.2 Å². The average Bonchev–Trinajstić information content (AvgIpc) is 3.41. The van der Waals surface area contributed by atoms with Gasteiger partial charge >= 0.3 is 0 Å². The zero-order chi connectivity index (χ0) is 19.6. The smallest absolute Gasteiger partial charge is 0.226 e. The van der Waals surface area contributed by atoms with E-state index < -0.39 is 0 Å². The lowest BCUT2D eigenvalue weighted by molar-refractivity contribution is 0.201. The second kappa shape index (κ2) is 7.76. The van der Waals surface area contributed by atoms with Crippen LogP contribution in [0.3, 0.4) is 0 Å². The number of hydrogen-bond donors (Lipinski definition) is 1. The van der Waals surface area contributed by atoms with E-state index in [-0.39, 0.29) is 0 Å². The number of nitrogens with zero attached hydrogens (tertiary/aromatic N) is 2. The summed E-state index contributed by atoms with van der Waals surface area (Å²) in [5, 5.41) is 1.30. The van der Waals surface area contributed by atoms with Gasteiger partial charge in [-0.3, -0.25) is 4.90 Å². The number of fused-ring (bicyclic) bond motifs is 1. The van der Waals surface area contributed by atoms with Crippen molar-refractivity contribution < 1.29 is 9.15 Å². The zero-order valence-corrected chi connectivity index (χ0v) is 16.6. The topological polar surface area (TPSA) is 54.3 Å². The Kier molecular flexibility index (Phi) is 4.82. The number of aromatic amines is 1. The molecule has 0 amide bonds. The van der Waals surface area contributed by atoms with E-state index in [4.69, 9.17) is 9.15 Å². The molecule has 0 saturated carbocycles. The maximum Gasteiger partial charge on any atom is 0.226 e. The monoisotopic (exact) mass is 387 g/mol. The van der Waals surface area contributed by atoms with Crippen molar-refractivity contribution in [2.45, 2.75) is 25.3 Å². The molecule has 1 N–H and O–H groups in total. The van der Waals surface area contributed by atoms with Gasteiger partial charge in [0.05, 0.1) is 12.8 Å². The molecule has 3 heterocycles. The minimum absolute atomic E-state index is 0.603. The molecule has 0 radical (unpaired) electrons. The highest BCUT2D eigenvalue weighted by molar-refractivity contribution is 5.80. The van der Waals surface area contributed by atoms with Crippen molar-refractivity contribution in [3.8, 4) is 17.2 Å². The normalized spacial score (nSPS) is 15.8. The fraction of sp³-hybridized carbons (Fsp3) is 0.292. The van der Waals surface area contributed by atoms with Crippen LogP contribution in [0.15, 0.2) is 65.3 Å². The van der Waals surface area contributed by atoms with Crippen LogP contribution in [-0.4, -0.2) is 35.1 Å². The van der Waals surface area contributed by atoms with Gasteiger partial charge in [-0.1, -0.05) is 18.2 Å². The predicted molar refractivity (Wildman–Crippen MR) is 114 cm³/mol. The first-order chi connectivity index (χ1) is 14.3. The van der Waals surface area contributed by atoms with Crippen LogP contribution in [0.1, 0.15) is 30.1 Å². The van der Waals surface area contributed by atoms with Gasteiger partial charge in [-0.05, 0) is 67.7 Å². The standard InChI is InChI=1S/C24H25N3O2/c1-28-21-8-6-18(7-9-21)24-25-20(16-29-24)15-27-12-10-17(11-13-27)23-14-19-4-2-3-5-22(19)26-23/h2-9,14,16-17,26H,10-13,15H2,1H3. The third-order valence-electron chi connectivity index (χ3n) is 5.85. The van der Waals surface area contributed by atoms with Gasteiger partial charge in [0.15, 0.2) is 0 Å². The average molecular weight is 387 g/mol. The van der Waals surface area contributed by atoms with E-state index in [1.807, 2.05) is 24.3 Å². The highest BCUT2D eigenvalue weighted by atomic mass is 16.5. The highest BCUT2D eigenvalue weighted by Crippen LogP contribution is 2.30. The largest absolute Gasteiger partial charge is 0.497 e. The number of para-hydroxylation sites is 1. The molecule has 4 aromatic rings. The number of rotatable bonds is 5. The second-order valence-corrected chi connectivity index (χ2v) is 7.73. The first kappa shape index (κ1) is 18.0. The first-order valence-electron chi connectivity index (χ1n) is 10.2. The van der Waals surface area contributed by atoms with E-state index in [0.717, 1.165) is 49.5 Å². The quantitative estimate of drug-likeness (QED) is 0.511. The molecule has 2 aromatic carbocycles. The Morgan fingerprint density at radius 2 is 1.90 bits per heavy atom. The molecular formula is C24H25N3O2. The zero-order valence-electron chi connectivity index (χ0n) is 16.6. The lowest BCUT2D eigenvalue weighted by Crippen LogP contribution is -2.32. The molecule has 1 fully saturated rings. The summed E-state index contributed by atoms with van der Waals surface area (Å²) in [5.74, 6) is 2.10.